The molecule has 0 atom stereocenters. The molecule has 2 N–H and O–H groups in total. The second-order valence-corrected chi connectivity index (χ2v) is 8.67. The molecule has 1 fully saturated rings. The summed E-state index contributed by atoms with van der Waals surface area (Å²) in [5.41, 5.74) is 2.00. The van der Waals surface area contributed by atoms with Gasteiger partial charge in [-0.1, -0.05) is 12.1 Å². The first-order valence-electron chi connectivity index (χ1n) is 11.1. The molecule has 9 heteroatoms. The highest BCUT2D eigenvalue weighted by Gasteiger charge is 2.35. The maximum Gasteiger partial charge on any atom is 0.270 e. The number of nitrogens with zero attached hydrogens (tertiary/aromatic N) is 5. The van der Waals surface area contributed by atoms with Crippen molar-refractivity contribution in [2.75, 3.05) is 7.05 Å². The van der Waals surface area contributed by atoms with Crippen molar-refractivity contribution in [3.8, 4) is 0 Å². The first kappa shape index (κ1) is 21.3. The van der Waals surface area contributed by atoms with Crippen LogP contribution in [0.4, 0.5) is 0 Å². The van der Waals surface area contributed by atoms with E-state index < -0.39 is 11.6 Å². The van der Waals surface area contributed by atoms with Gasteiger partial charge in [-0.2, -0.15) is 0 Å². The number of fused-ring (bicyclic) bond motifs is 2. The minimum atomic E-state index is -0.724. The lowest BCUT2D eigenvalue weighted by Crippen LogP contribution is -2.43. The molecule has 0 unspecified atom stereocenters. The number of carbonyl (C=O) groups is 1. The number of imidazole rings is 1. The van der Waals surface area contributed by atoms with Gasteiger partial charge in [0.05, 0.1) is 12.2 Å². The lowest BCUT2D eigenvalue weighted by molar-refractivity contribution is -0.0938. The molecule has 4 heterocycles. The van der Waals surface area contributed by atoms with Crippen molar-refractivity contribution in [2.45, 2.75) is 44.5 Å². The molecule has 4 aromatic heterocycles. The molecule has 1 aliphatic carbocycles. The van der Waals surface area contributed by atoms with Gasteiger partial charge in [0, 0.05) is 31.2 Å². The van der Waals surface area contributed by atoms with Crippen LogP contribution >= 0.6 is 0 Å². The van der Waals surface area contributed by atoms with Crippen LogP contribution in [0.3, 0.4) is 0 Å². The lowest BCUT2D eigenvalue weighted by Gasteiger charge is -2.33. The van der Waals surface area contributed by atoms with Crippen molar-refractivity contribution in [3.05, 3.63) is 82.3 Å². The van der Waals surface area contributed by atoms with Gasteiger partial charge in [0.2, 0.25) is 0 Å². The Kier molecular flexibility index (Phi) is 5.43. The Morgan fingerprint density at radius 1 is 1.15 bits per heavy atom. The van der Waals surface area contributed by atoms with E-state index >= 15 is 0 Å². The SMILES string of the molecule is CN(Cc1ccc2nc(CNC(=O)c3cc(=O)n4ccccc4n3)cn2c1)C1(O)CCCC1. The maximum atomic E-state index is 12.6. The predicted molar refractivity (Wildman–Crippen MR) is 123 cm³/mol. The van der Waals surface area contributed by atoms with E-state index in [9.17, 15) is 14.7 Å². The van der Waals surface area contributed by atoms with Crippen molar-refractivity contribution in [2.24, 2.45) is 0 Å². The summed E-state index contributed by atoms with van der Waals surface area (Å²) in [6.07, 6.45) is 9.20. The highest BCUT2D eigenvalue weighted by atomic mass is 16.3. The van der Waals surface area contributed by atoms with E-state index in [2.05, 4.69) is 15.3 Å². The van der Waals surface area contributed by atoms with Gasteiger partial charge in [-0.05, 0) is 56.5 Å². The number of pyridine rings is 2. The molecule has 0 radical (unpaired) electrons. The van der Waals surface area contributed by atoms with Crippen molar-refractivity contribution in [1.29, 1.82) is 0 Å². The average Bonchev–Trinajstić information content (AvgIpc) is 3.44. The summed E-state index contributed by atoms with van der Waals surface area (Å²) < 4.78 is 3.31. The molecule has 0 aliphatic heterocycles. The minimum absolute atomic E-state index is 0.0742. The molecular weight excluding hydrogens is 420 g/mol. The fraction of sp³-hybridized carbons (Fsp3) is 0.333. The molecule has 0 saturated heterocycles. The lowest BCUT2D eigenvalue weighted by atomic mass is 10.1. The minimum Gasteiger partial charge on any atom is -0.376 e. The van der Waals surface area contributed by atoms with Gasteiger partial charge in [0.1, 0.15) is 22.7 Å². The predicted octanol–water partition coefficient (Wildman–Crippen LogP) is 1.97. The summed E-state index contributed by atoms with van der Waals surface area (Å²) in [6, 6.07) is 10.3. The first-order valence-corrected chi connectivity index (χ1v) is 11.1. The standard InChI is InChI=1S/C24H26N6O3/c1-28(24(33)9-3-4-10-24)14-17-7-8-20-26-18(16-29(20)15-17)13-25-23(32)19-12-22(31)30-11-5-2-6-21(30)27-19/h2,5-8,11-12,15-16,33H,3-4,9-10,13-14H2,1H3,(H,25,32). The number of carbonyl (C=O) groups excluding carboxylic acids is 1. The Labute approximate surface area is 190 Å². The molecule has 0 spiro atoms. The van der Waals surface area contributed by atoms with Crippen LogP contribution in [0.25, 0.3) is 11.3 Å². The Morgan fingerprint density at radius 2 is 1.97 bits per heavy atom. The summed E-state index contributed by atoms with van der Waals surface area (Å²) in [6.45, 7) is 0.852. The topological polar surface area (TPSA) is 104 Å². The number of hydrogen-bond acceptors (Lipinski definition) is 6. The van der Waals surface area contributed by atoms with Crippen LogP contribution < -0.4 is 10.9 Å². The van der Waals surface area contributed by atoms with Crippen LogP contribution in [0.5, 0.6) is 0 Å². The highest BCUT2D eigenvalue weighted by Crippen LogP contribution is 2.32. The fourth-order valence-corrected chi connectivity index (χ4v) is 4.44. The Balaban J connectivity index is 1.28. The third kappa shape index (κ3) is 4.24. The fourth-order valence-electron chi connectivity index (χ4n) is 4.44. The summed E-state index contributed by atoms with van der Waals surface area (Å²) in [5.74, 6) is -0.428. The number of rotatable bonds is 6. The van der Waals surface area contributed by atoms with Crippen LogP contribution in [0.1, 0.15) is 47.4 Å². The quantitative estimate of drug-likeness (QED) is 0.439. The average molecular weight is 447 g/mol. The number of aliphatic hydroxyl groups is 1. The van der Waals surface area contributed by atoms with Crippen molar-refractivity contribution in [1.82, 2.24) is 29.0 Å². The van der Waals surface area contributed by atoms with Crippen molar-refractivity contribution < 1.29 is 9.90 Å². The summed E-state index contributed by atoms with van der Waals surface area (Å²) in [4.78, 5) is 35.6. The summed E-state index contributed by atoms with van der Waals surface area (Å²) in [7, 11) is 1.96. The molecule has 0 aromatic carbocycles. The molecule has 5 rings (SSSR count). The number of hydrogen-bond donors (Lipinski definition) is 2. The molecule has 0 bridgehead atoms. The van der Waals surface area contributed by atoms with Gasteiger partial charge in [-0.15, -0.1) is 0 Å². The van der Waals surface area contributed by atoms with Crippen LogP contribution in [0.15, 0.2) is 59.8 Å². The highest BCUT2D eigenvalue weighted by molar-refractivity contribution is 5.92. The maximum absolute atomic E-state index is 12.6. The first-order chi connectivity index (χ1) is 15.9. The smallest absolute Gasteiger partial charge is 0.270 e. The zero-order valence-electron chi connectivity index (χ0n) is 18.4. The van der Waals surface area contributed by atoms with Gasteiger partial charge in [-0.25, -0.2) is 9.97 Å². The van der Waals surface area contributed by atoms with Gasteiger partial charge in [0.25, 0.3) is 11.5 Å². The molecule has 1 aliphatic rings. The molecular formula is C24H26N6O3. The monoisotopic (exact) mass is 446 g/mol. The molecule has 1 saturated carbocycles. The zero-order chi connectivity index (χ0) is 23.0. The van der Waals surface area contributed by atoms with E-state index in [1.807, 2.05) is 40.9 Å². The second-order valence-electron chi connectivity index (χ2n) is 8.67. The van der Waals surface area contributed by atoms with Gasteiger partial charge in [0.15, 0.2) is 0 Å². The van der Waals surface area contributed by atoms with E-state index in [4.69, 9.17) is 0 Å². The van der Waals surface area contributed by atoms with Crippen LogP contribution in [-0.2, 0) is 13.1 Å². The zero-order valence-corrected chi connectivity index (χ0v) is 18.4. The van der Waals surface area contributed by atoms with E-state index in [0.717, 1.165) is 36.9 Å². The third-order valence-corrected chi connectivity index (χ3v) is 6.33. The summed E-state index contributed by atoms with van der Waals surface area (Å²) >= 11 is 0. The summed E-state index contributed by atoms with van der Waals surface area (Å²) in [5, 5.41) is 13.6. The Hall–Kier alpha value is -3.56. The van der Waals surface area contributed by atoms with E-state index in [0.29, 0.717) is 17.9 Å². The van der Waals surface area contributed by atoms with Crippen LogP contribution in [0.2, 0.25) is 0 Å². The molecule has 9 nitrogen and oxygen atoms in total. The molecule has 1 amide bonds. The van der Waals surface area contributed by atoms with Crippen molar-refractivity contribution in [3.63, 3.8) is 0 Å². The number of nitrogens with one attached hydrogen (secondary N) is 1. The normalized spacial score (nSPS) is 15.5. The molecule has 4 aromatic rings. The van der Waals surface area contributed by atoms with Gasteiger partial charge < -0.3 is 14.8 Å². The number of aromatic nitrogens is 4. The Morgan fingerprint density at radius 3 is 2.79 bits per heavy atom. The third-order valence-electron chi connectivity index (χ3n) is 6.33. The molecule has 33 heavy (non-hydrogen) atoms. The second kappa shape index (κ2) is 8.42. The van der Waals surface area contributed by atoms with Gasteiger partial charge in [-0.3, -0.25) is 18.9 Å². The van der Waals surface area contributed by atoms with E-state index in [-0.39, 0.29) is 17.8 Å². The Bertz CT molecular complexity index is 1390. The van der Waals surface area contributed by atoms with Crippen LogP contribution in [-0.4, -0.2) is 47.5 Å². The van der Waals surface area contributed by atoms with Crippen LogP contribution in [0, 0.1) is 0 Å². The van der Waals surface area contributed by atoms with Gasteiger partial charge >= 0.3 is 0 Å². The van der Waals surface area contributed by atoms with E-state index in [1.54, 1.807) is 24.4 Å². The molecule has 170 valence electrons. The largest absolute Gasteiger partial charge is 0.376 e. The van der Waals surface area contributed by atoms with Crippen molar-refractivity contribution >= 4 is 17.2 Å². The number of amides is 1. The van der Waals surface area contributed by atoms with E-state index in [1.165, 1.54) is 10.5 Å².